The van der Waals surface area contributed by atoms with Gasteiger partial charge in [0.05, 0.1) is 18.5 Å². The lowest BCUT2D eigenvalue weighted by molar-refractivity contribution is 0.340. The van der Waals surface area contributed by atoms with Crippen LogP contribution in [0.3, 0.4) is 0 Å². The number of sulfonamides is 1. The SMILES string of the molecule is CCOc1ccc(Nc2ccc(NS(=O)(=O)c3cccs3)cn2)cc1. The van der Waals surface area contributed by atoms with E-state index in [9.17, 15) is 8.42 Å². The standard InChI is InChI=1S/C17H17N3O3S2/c1-2-23-15-8-5-13(6-9-15)19-16-10-7-14(12-18-16)20-25(21,22)17-4-3-11-24-17/h3-12,20H,2H2,1H3,(H,18,19). The van der Waals surface area contributed by atoms with Gasteiger partial charge in [-0.15, -0.1) is 11.3 Å². The molecular formula is C17H17N3O3S2. The van der Waals surface area contributed by atoms with E-state index in [4.69, 9.17) is 4.74 Å². The van der Waals surface area contributed by atoms with Gasteiger partial charge in [-0.1, -0.05) is 6.07 Å². The van der Waals surface area contributed by atoms with Gasteiger partial charge in [-0.05, 0) is 54.8 Å². The van der Waals surface area contributed by atoms with Crippen molar-refractivity contribution in [3.63, 3.8) is 0 Å². The number of hydrogen-bond acceptors (Lipinski definition) is 6. The van der Waals surface area contributed by atoms with Crippen molar-refractivity contribution in [3.8, 4) is 5.75 Å². The molecule has 8 heteroatoms. The second-order valence-corrected chi connectivity index (χ2v) is 7.91. The highest BCUT2D eigenvalue weighted by atomic mass is 32.2. The minimum absolute atomic E-state index is 0.268. The normalized spacial score (nSPS) is 11.1. The molecule has 0 saturated heterocycles. The summed E-state index contributed by atoms with van der Waals surface area (Å²) in [7, 11) is -3.56. The highest BCUT2D eigenvalue weighted by molar-refractivity contribution is 7.94. The molecule has 25 heavy (non-hydrogen) atoms. The van der Waals surface area contributed by atoms with Gasteiger partial charge in [0.25, 0.3) is 10.0 Å². The van der Waals surface area contributed by atoms with Crippen LogP contribution < -0.4 is 14.8 Å². The van der Waals surface area contributed by atoms with E-state index in [2.05, 4.69) is 15.0 Å². The number of anilines is 3. The summed E-state index contributed by atoms with van der Waals surface area (Å²) in [6.07, 6.45) is 1.47. The Morgan fingerprint density at radius 1 is 1.08 bits per heavy atom. The second-order valence-electron chi connectivity index (χ2n) is 5.05. The fraction of sp³-hybridized carbons (Fsp3) is 0.118. The summed E-state index contributed by atoms with van der Waals surface area (Å²) >= 11 is 1.17. The fourth-order valence-electron chi connectivity index (χ4n) is 2.10. The van der Waals surface area contributed by atoms with Crippen LogP contribution in [0.2, 0.25) is 0 Å². The Hall–Kier alpha value is -2.58. The first-order valence-electron chi connectivity index (χ1n) is 7.59. The molecule has 0 fully saturated rings. The maximum Gasteiger partial charge on any atom is 0.271 e. The molecule has 0 aliphatic rings. The molecule has 2 N–H and O–H groups in total. The Bertz CT molecular complexity index is 907. The molecular weight excluding hydrogens is 358 g/mol. The third kappa shape index (κ3) is 4.49. The number of thiophene rings is 1. The maximum absolute atomic E-state index is 12.2. The van der Waals surface area contributed by atoms with Crippen LogP contribution in [-0.4, -0.2) is 20.0 Å². The Labute approximate surface area is 150 Å². The molecule has 0 spiro atoms. The Morgan fingerprint density at radius 2 is 1.84 bits per heavy atom. The molecule has 6 nitrogen and oxygen atoms in total. The fourth-order valence-corrected chi connectivity index (χ4v) is 4.14. The highest BCUT2D eigenvalue weighted by Gasteiger charge is 2.15. The van der Waals surface area contributed by atoms with Gasteiger partial charge in [0.1, 0.15) is 15.8 Å². The summed E-state index contributed by atoms with van der Waals surface area (Å²) < 4.78 is 32.5. The molecule has 0 radical (unpaired) electrons. The minimum Gasteiger partial charge on any atom is -0.494 e. The smallest absolute Gasteiger partial charge is 0.271 e. The minimum atomic E-state index is -3.56. The lowest BCUT2D eigenvalue weighted by Gasteiger charge is -2.09. The lowest BCUT2D eigenvalue weighted by atomic mass is 10.3. The molecule has 2 heterocycles. The first-order chi connectivity index (χ1) is 12.1. The van der Waals surface area contributed by atoms with Crippen LogP contribution in [0.4, 0.5) is 17.2 Å². The lowest BCUT2D eigenvalue weighted by Crippen LogP contribution is -2.11. The zero-order valence-corrected chi connectivity index (χ0v) is 15.1. The quantitative estimate of drug-likeness (QED) is 0.650. The zero-order valence-electron chi connectivity index (χ0n) is 13.5. The van der Waals surface area contributed by atoms with Crippen molar-refractivity contribution in [1.82, 2.24) is 4.98 Å². The van der Waals surface area contributed by atoms with E-state index in [1.165, 1.54) is 17.5 Å². The van der Waals surface area contributed by atoms with Gasteiger partial charge in [-0.25, -0.2) is 13.4 Å². The monoisotopic (exact) mass is 375 g/mol. The van der Waals surface area contributed by atoms with Crippen molar-refractivity contribution in [2.24, 2.45) is 0 Å². The van der Waals surface area contributed by atoms with Crippen LogP contribution in [0.5, 0.6) is 5.75 Å². The van der Waals surface area contributed by atoms with Gasteiger partial charge < -0.3 is 10.1 Å². The number of nitrogens with one attached hydrogen (secondary N) is 2. The Kier molecular flexibility index (Phi) is 5.20. The summed E-state index contributed by atoms with van der Waals surface area (Å²) in [6, 6.07) is 14.1. The third-order valence-electron chi connectivity index (χ3n) is 3.21. The number of nitrogens with zero attached hydrogens (tertiary/aromatic N) is 1. The summed E-state index contributed by atoms with van der Waals surface area (Å²) in [5.74, 6) is 1.42. The van der Waals surface area contributed by atoms with E-state index in [1.807, 2.05) is 31.2 Å². The Balaban J connectivity index is 1.66. The maximum atomic E-state index is 12.2. The van der Waals surface area contributed by atoms with Crippen LogP contribution >= 0.6 is 11.3 Å². The van der Waals surface area contributed by atoms with Crippen molar-refractivity contribution in [3.05, 3.63) is 60.1 Å². The van der Waals surface area contributed by atoms with Crippen molar-refractivity contribution >= 4 is 38.6 Å². The average molecular weight is 375 g/mol. The van der Waals surface area contributed by atoms with E-state index in [0.29, 0.717) is 18.1 Å². The summed E-state index contributed by atoms with van der Waals surface area (Å²) in [6.45, 7) is 2.56. The molecule has 0 amide bonds. The molecule has 3 rings (SSSR count). The molecule has 0 saturated carbocycles. The summed E-state index contributed by atoms with van der Waals surface area (Å²) in [5.41, 5.74) is 1.27. The molecule has 130 valence electrons. The second kappa shape index (κ2) is 7.54. The van der Waals surface area contributed by atoms with Gasteiger partial charge in [-0.3, -0.25) is 4.72 Å². The summed E-state index contributed by atoms with van der Waals surface area (Å²) in [5, 5.41) is 4.87. The van der Waals surface area contributed by atoms with E-state index < -0.39 is 10.0 Å². The van der Waals surface area contributed by atoms with Crippen LogP contribution in [0, 0.1) is 0 Å². The van der Waals surface area contributed by atoms with Crippen molar-refractivity contribution in [2.75, 3.05) is 16.6 Å². The average Bonchev–Trinajstić information content (AvgIpc) is 3.14. The van der Waals surface area contributed by atoms with Crippen LogP contribution in [0.15, 0.2) is 64.3 Å². The van der Waals surface area contributed by atoms with Crippen LogP contribution in [-0.2, 0) is 10.0 Å². The molecule has 1 aromatic carbocycles. The Morgan fingerprint density at radius 3 is 2.44 bits per heavy atom. The molecule has 0 aliphatic carbocycles. The first kappa shape index (κ1) is 17.2. The van der Waals surface area contributed by atoms with Crippen molar-refractivity contribution < 1.29 is 13.2 Å². The van der Waals surface area contributed by atoms with Gasteiger partial charge in [0, 0.05) is 5.69 Å². The zero-order chi connectivity index (χ0) is 17.7. The molecule has 0 atom stereocenters. The number of aromatic nitrogens is 1. The number of pyridine rings is 1. The predicted octanol–water partition coefficient (Wildman–Crippen LogP) is 4.09. The van der Waals surface area contributed by atoms with Crippen molar-refractivity contribution in [1.29, 1.82) is 0 Å². The van der Waals surface area contributed by atoms with Gasteiger partial charge in [0.15, 0.2) is 0 Å². The molecule has 0 aliphatic heterocycles. The van der Waals surface area contributed by atoms with Gasteiger partial charge in [0.2, 0.25) is 0 Å². The largest absolute Gasteiger partial charge is 0.494 e. The highest BCUT2D eigenvalue weighted by Crippen LogP contribution is 2.22. The molecule has 0 bridgehead atoms. The van der Waals surface area contributed by atoms with Gasteiger partial charge in [-0.2, -0.15) is 0 Å². The topological polar surface area (TPSA) is 80.3 Å². The molecule has 3 aromatic rings. The van der Waals surface area contributed by atoms with Crippen LogP contribution in [0.25, 0.3) is 0 Å². The first-order valence-corrected chi connectivity index (χ1v) is 9.95. The van der Waals surface area contributed by atoms with E-state index in [0.717, 1.165) is 11.4 Å². The molecule has 2 aromatic heterocycles. The van der Waals surface area contributed by atoms with E-state index in [-0.39, 0.29) is 4.21 Å². The summed E-state index contributed by atoms with van der Waals surface area (Å²) in [4.78, 5) is 4.23. The number of hydrogen-bond donors (Lipinski definition) is 2. The molecule has 0 unspecified atom stereocenters. The van der Waals surface area contributed by atoms with Crippen molar-refractivity contribution in [2.45, 2.75) is 11.1 Å². The van der Waals surface area contributed by atoms with E-state index >= 15 is 0 Å². The number of ether oxygens (including phenoxy) is 1. The van der Waals surface area contributed by atoms with Gasteiger partial charge >= 0.3 is 0 Å². The predicted molar refractivity (Wildman–Crippen MR) is 100 cm³/mol. The van der Waals surface area contributed by atoms with Crippen LogP contribution in [0.1, 0.15) is 6.92 Å². The number of rotatable bonds is 7. The number of benzene rings is 1. The van der Waals surface area contributed by atoms with E-state index in [1.54, 1.807) is 29.6 Å². The third-order valence-corrected chi connectivity index (χ3v) is 5.99.